The molecule has 0 amide bonds. The second kappa shape index (κ2) is 6.17. The zero-order valence-electron chi connectivity index (χ0n) is 7.62. The van der Waals surface area contributed by atoms with Gasteiger partial charge in [0.25, 0.3) is 0 Å². The molecule has 0 fully saturated rings. The van der Waals surface area contributed by atoms with E-state index in [9.17, 15) is 5.11 Å². The highest BCUT2D eigenvalue weighted by Crippen LogP contribution is 2.07. The molecule has 1 N–H and O–H groups in total. The smallest absolute Gasteiger partial charge is 0.0749 e. The third kappa shape index (κ3) is 4.79. The summed E-state index contributed by atoms with van der Waals surface area (Å²) >= 11 is 0. The van der Waals surface area contributed by atoms with Crippen LogP contribution in [0.5, 0.6) is 0 Å². The van der Waals surface area contributed by atoms with Gasteiger partial charge in [-0.3, -0.25) is 0 Å². The number of rotatable bonds is 4. The summed E-state index contributed by atoms with van der Waals surface area (Å²) in [5.74, 6) is 0.358. The molecule has 0 radical (unpaired) electrons. The van der Waals surface area contributed by atoms with Gasteiger partial charge in [0.05, 0.1) is 6.10 Å². The lowest BCUT2D eigenvalue weighted by molar-refractivity contribution is 0.160. The highest BCUT2D eigenvalue weighted by atomic mass is 16.3. The Hall–Kier alpha value is -0.560. The van der Waals surface area contributed by atoms with Gasteiger partial charge in [0, 0.05) is 0 Å². The maximum absolute atomic E-state index is 9.42. The van der Waals surface area contributed by atoms with Crippen molar-refractivity contribution in [1.82, 2.24) is 0 Å². The van der Waals surface area contributed by atoms with E-state index in [2.05, 4.69) is 6.92 Å². The van der Waals surface area contributed by atoms with Crippen LogP contribution >= 0.6 is 0 Å². The molecule has 2 unspecified atom stereocenters. The average molecular weight is 154 g/mol. The van der Waals surface area contributed by atoms with Crippen molar-refractivity contribution in [2.75, 3.05) is 0 Å². The molecule has 0 aliphatic heterocycles. The molecule has 0 heterocycles. The van der Waals surface area contributed by atoms with Gasteiger partial charge in [0.2, 0.25) is 0 Å². The lowest BCUT2D eigenvalue weighted by atomic mass is 10.0. The van der Waals surface area contributed by atoms with E-state index in [1.165, 1.54) is 0 Å². The minimum Gasteiger partial charge on any atom is -0.389 e. The van der Waals surface area contributed by atoms with Crippen LogP contribution in [0.3, 0.4) is 0 Å². The van der Waals surface area contributed by atoms with Gasteiger partial charge in [0.15, 0.2) is 0 Å². The number of allylic oxidation sites excluding steroid dienone is 3. The molecule has 0 aliphatic rings. The Balaban J connectivity index is 3.75. The van der Waals surface area contributed by atoms with Crippen LogP contribution in [0.4, 0.5) is 0 Å². The van der Waals surface area contributed by atoms with Crippen LogP contribution < -0.4 is 0 Å². The fourth-order valence-electron chi connectivity index (χ4n) is 0.720. The number of aliphatic hydroxyl groups is 1. The average Bonchev–Trinajstić information content (AvgIpc) is 2.03. The van der Waals surface area contributed by atoms with Gasteiger partial charge >= 0.3 is 0 Å². The topological polar surface area (TPSA) is 20.2 Å². The molecule has 2 atom stereocenters. The van der Waals surface area contributed by atoms with Gasteiger partial charge < -0.3 is 5.11 Å². The molecule has 0 aliphatic carbocycles. The number of aliphatic hydroxyl groups excluding tert-OH is 1. The Bertz CT molecular complexity index is 136. The molecule has 1 nitrogen and oxygen atoms in total. The van der Waals surface area contributed by atoms with Crippen molar-refractivity contribution in [3.8, 4) is 0 Å². The lowest BCUT2D eigenvalue weighted by Gasteiger charge is -2.11. The van der Waals surface area contributed by atoms with Crippen molar-refractivity contribution in [1.29, 1.82) is 0 Å². The molecule has 1 heteroatoms. The van der Waals surface area contributed by atoms with Crippen molar-refractivity contribution in [2.45, 2.75) is 33.3 Å². The van der Waals surface area contributed by atoms with E-state index in [4.69, 9.17) is 0 Å². The van der Waals surface area contributed by atoms with Gasteiger partial charge in [0.1, 0.15) is 0 Å². The van der Waals surface area contributed by atoms with E-state index in [0.29, 0.717) is 5.92 Å². The molecule has 0 aromatic heterocycles. The van der Waals surface area contributed by atoms with Crippen LogP contribution in [0.25, 0.3) is 0 Å². The summed E-state index contributed by atoms with van der Waals surface area (Å²) < 4.78 is 0. The highest BCUT2D eigenvalue weighted by Gasteiger charge is 2.06. The first-order valence-corrected chi connectivity index (χ1v) is 4.19. The van der Waals surface area contributed by atoms with E-state index in [1.54, 1.807) is 0 Å². The summed E-state index contributed by atoms with van der Waals surface area (Å²) in [4.78, 5) is 0. The van der Waals surface area contributed by atoms with Gasteiger partial charge in [-0.15, -0.1) is 0 Å². The van der Waals surface area contributed by atoms with Gasteiger partial charge in [-0.25, -0.2) is 0 Å². The van der Waals surface area contributed by atoms with Crippen molar-refractivity contribution >= 4 is 0 Å². The number of hydrogen-bond donors (Lipinski definition) is 1. The second-order valence-electron chi connectivity index (χ2n) is 2.79. The van der Waals surface area contributed by atoms with Crippen molar-refractivity contribution < 1.29 is 5.11 Å². The Kier molecular flexibility index (Phi) is 5.86. The van der Waals surface area contributed by atoms with Crippen LogP contribution in [0.1, 0.15) is 27.2 Å². The van der Waals surface area contributed by atoms with Gasteiger partial charge in [-0.05, 0) is 12.8 Å². The van der Waals surface area contributed by atoms with Crippen LogP contribution in [-0.2, 0) is 0 Å². The Morgan fingerprint density at radius 1 is 1.36 bits per heavy atom. The summed E-state index contributed by atoms with van der Waals surface area (Å²) in [6.07, 6.45) is 8.30. The molecule has 0 aromatic rings. The standard InChI is InChI=1S/C10H18O/c1-4-6-7-8-10(11)9(3)5-2/h4,6-11H,5H2,1-3H3/b6-4+,8-7+. The monoisotopic (exact) mass is 154 g/mol. The van der Waals surface area contributed by atoms with E-state index < -0.39 is 0 Å². The SMILES string of the molecule is C/C=C/C=C/C(O)C(C)CC. The normalized spacial score (nSPS) is 17.8. The van der Waals surface area contributed by atoms with Crippen LogP contribution in [0.15, 0.2) is 24.3 Å². The molecule has 0 aromatic carbocycles. The molecule has 0 bridgehead atoms. The van der Waals surface area contributed by atoms with E-state index >= 15 is 0 Å². The van der Waals surface area contributed by atoms with Crippen molar-refractivity contribution in [3.05, 3.63) is 24.3 Å². The molecule has 11 heavy (non-hydrogen) atoms. The molecule has 0 saturated carbocycles. The zero-order chi connectivity index (χ0) is 8.69. The van der Waals surface area contributed by atoms with E-state index in [1.807, 2.05) is 38.2 Å². The Labute approximate surface area is 69.4 Å². The van der Waals surface area contributed by atoms with Crippen molar-refractivity contribution in [3.63, 3.8) is 0 Å². The predicted octanol–water partition coefficient (Wildman–Crippen LogP) is 2.53. The maximum Gasteiger partial charge on any atom is 0.0749 e. The van der Waals surface area contributed by atoms with Gasteiger partial charge in [-0.2, -0.15) is 0 Å². The summed E-state index contributed by atoms with van der Waals surface area (Å²) in [5.41, 5.74) is 0. The largest absolute Gasteiger partial charge is 0.389 e. The third-order valence-corrected chi connectivity index (χ3v) is 1.84. The minimum absolute atomic E-state index is 0.295. The Morgan fingerprint density at radius 2 is 2.00 bits per heavy atom. The summed E-state index contributed by atoms with van der Waals surface area (Å²) in [6, 6.07) is 0. The first kappa shape index (κ1) is 10.4. The van der Waals surface area contributed by atoms with Crippen LogP contribution in [-0.4, -0.2) is 11.2 Å². The first-order chi connectivity index (χ1) is 5.22. The summed E-state index contributed by atoms with van der Waals surface area (Å²) in [6.45, 7) is 6.09. The second-order valence-corrected chi connectivity index (χ2v) is 2.79. The Morgan fingerprint density at radius 3 is 2.45 bits per heavy atom. The zero-order valence-corrected chi connectivity index (χ0v) is 7.62. The molecular weight excluding hydrogens is 136 g/mol. The van der Waals surface area contributed by atoms with E-state index in [0.717, 1.165) is 6.42 Å². The summed E-state index contributed by atoms with van der Waals surface area (Å²) in [7, 11) is 0. The molecule has 0 spiro atoms. The minimum atomic E-state index is -0.295. The third-order valence-electron chi connectivity index (χ3n) is 1.84. The molecular formula is C10H18O. The van der Waals surface area contributed by atoms with E-state index in [-0.39, 0.29) is 6.10 Å². The van der Waals surface area contributed by atoms with Crippen molar-refractivity contribution in [2.24, 2.45) is 5.92 Å². The first-order valence-electron chi connectivity index (χ1n) is 4.19. The molecule has 64 valence electrons. The van der Waals surface area contributed by atoms with Crippen LogP contribution in [0, 0.1) is 5.92 Å². The highest BCUT2D eigenvalue weighted by molar-refractivity contribution is 5.04. The fraction of sp³-hybridized carbons (Fsp3) is 0.600. The van der Waals surface area contributed by atoms with Gasteiger partial charge in [-0.1, -0.05) is 44.6 Å². The summed E-state index contributed by atoms with van der Waals surface area (Å²) in [5, 5.41) is 9.42. The predicted molar refractivity (Wildman–Crippen MR) is 49.4 cm³/mol. The molecule has 0 saturated heterocycles. The number of hydrogen-bond acceptors (Lipinski definition) is 1. The lowest BCUT2D eigenvalue weighted by Crippen LogP contribution is -2.13. The fourth-order valence-corrected chi connectivity index (χ4v) is 0.720. The molecule has 0 rings (SSSR count). The quantitative estimate of drug-likeness (QED) is 0.617. The maximum atomic E-state index is 9.42. The van der Waals surface area contributed by atoms with Crippen LogP contribution in [0.2, 0.25) is 0 Å².